The maximum atomic E-state index is 8.62. The predicted octanol–water partition coefficient (Wildman–Crippen LogP) is -1.08. The minimum atomic E-state index is -0.575. The van der Waals surface area contributed by atoms with Gasteiger partial charge in [0.25, 0.3) is 0 Å². The van der Waals surface area contributed by atoms with Gasteiger partial charge in [-0.1, -0.05) is 0 Å². The second-order valence-electron chi connectivity index (χ2n) is 1.53. The fraction of sp³-hybridized carbons (Fsp3) is 1.00. The number of hydrogen-bond donors (Lipinski definition) is 2. The Labute approximate surface area is 42.3 Å². The molecule has 1 aliphatic heterocycles. The van der Waals surface area contributed by atoms with Gasteiger partial charge >= 0.3 is 0 Å². The Morgan fingerprint density at radius 2 is 2.57 bits per heavy atom. The van der Waals surface area contributed by atoms with Gasteiger partial charge in [0.1, 0.15) is 0 Å². The van der Waals surface area contributed by atoms with E-state index in [2.05, 4.69) is 5.32 Å². The molecule has 1 saturated heterocycles. The molecule has 0 radical (unpaired) electrons. The van der Waals surface area contributed by atoms with Crippen LogP contribution in [0.1, 0.15) is 0 Å². The second-order valence-corrected chi connectivity index (χ2v) is 1.53. The third-order valence-electron chi connectivity index (χ3n) is 0.908. The summed E-state index contributed by atoms with van der Waals surface area (Å²) in [5.41, 5.74) is 0. The lowest BCUT2D eigenvalue weighted by Gasteiger charge is -2.17. The summed E-state index contributed by atoms with van der Waals surface area (Å²) in [6, 6.07) is 0. The highest BCUT2D eigenvalue weighted by Crippen LogP contribution is 1.87. The molecule has 0 aromatic rings. The van der Waals surface area contributed by atoms with E-state index in [1.807, 2.05) is 0 Å². The number of ether oxygens (including phenoxy) is 1. The summed E-state index contributed by atoms with van der Waals surface area (Å²) in [6.07, 6.45) is -0.575. The highest BCUT2D eigenvalue weighted by Gasteiger charge is 2.06. The van der Waals surface area contributed by atoms with Crippen LogP contribution in [0.4, 0.5) is 0 Å². The summed E-state index contributed by atoms with van der Waals surface area (Å²) in [5, 5.41) is 11.6. The Bertz CT molecular complexity index is 51.7. The lowest BCUT2D eigenvalue weighted by Crippen LogP contribution is -2.38. The van der Waals surface area contributed by atoms with Crippen molar-refractivity contribution in [1.82, 2.24) is 5.32 Å². The van der Waals surface area contributed by atoms with E-state index in [-0.39, 0.29) is 0 Å². The third kappa shape index (κ3) is 1.43. The molecule has 1 fully saturated rings. The van der Waals surface area contributed by atoms with E-state index in [4.69, 9.17) is 9.84 Å². The second kappa shape index (κ2) is 2.26. The van der Waals surface area contributed by atoms with Crippen LogP contribution in [0.2, 0.25) is 0 Å². The van der Waals surface area contributed by atoms with Gasteiger partial charge in [0.05, 0.1) is 6.61 Å². The Morgan fingerprint density at radius 1 is 1.71 bits per heavy atom. The van der Waals surface area contributed by atoms with Crippen LogP contribution >= 0.6 is 0 Å². The molecule has 2 N–H and O–H groups in total. The average Bonchev–Trinajstić information content (AvgIpc) is 1.69. The Morgan fingerprint density at radius 3 is 2.86 bits per heavy atom. The van der Waals surface area contributed by atoms with Gasteiger partial charge in [0, 0.05) is 13.1 Å². The zero-order valence-corrected chi connectivity index (χ0v) is 4.05. The Kier molecular flexibility index (Phi) is 1.62. The van der Waals surface area contributed by atoms with Gasteiger partial charge in [-0.2, -0.15) is 0 Å². The van der Waals surface area contributed by atoms with Gasteiger partial charge in [0.2, 0.25) is 0 Å². The molecule has 1 rings (SSSR count). The van der Waals surface area contributed by atoms with Crippen molar-refractivity contribution in [2.24, 2.45) is 0 Å². The van der Waals surface area contributed by atoms with E-state index in [0.29, 0.717) is 13.2 Å². The maximum Gasteiger partial charge on any atom is 0.167 e. The molecule has 0 aromatic carbocycles. The van der Waals surface area contributed by atoms with E-state index in [0.717, 1.165) is 6.54 Å². The molecule has 1 atom stereocenters. The van der Waals surface area contributed by atoms with Crippen molar-refractivity contribution in [2.75, 3.05) is 19.7 Å². The van der Waals surface area contributed by atoms with Crippen molar-refractivity contribution in [2.45, 2.75) is 6.29 Å². The third-order valence-corrected chi connectivity index (χ3v) is 0.908. The molecule has 0 spiro atoms. The number of β-amino-alcohol motifs (C(OH)–C–C–N with tert-alkyl or cyclic N) is 1. The Balaban J connectivity index is 2.12. The largest absolute Gasteiger partial charge is 0.367 e. The molecule has 0 bridgehead atoms. The van der Waals surface area contributed by atoms with E-state index in [9.17, 15) is 0 Å². The summed E-state index contributed by atoms with van der Waals surface area (Å²) in [4.78, 5) is 0. The molecule has 0 aliphatic carbocycles. The standard InChI is InChI=1S/C4H9NO2/c6-4-3-5-1-2-7-4/h4-6H,1-3H2/t4-/m1/s1. The van der Waals surface area contributed by atoms with Crippen molar-refractivity contribution in [1.29, 1.82) is 0 Å². The maximum absolute atomic E-state index is 8.62. The lowest BCUT2D eigenvalue weighted by molar-refractivity contribution is -0.112. The molecule has 3 nitrogen and oxygen atoms in total. The SMILES string of the molecule is O[C@H]1CNCCO1. The molecule has 1 aliphatic rings. The average molecular weight is 103 g/mol. The van der Waals surface area contributed by atoms with Gasteiger partial charge in [-0.3, -0.25) is 0 Å². The van der Waals surface area contributed by atoms with Crippen LogP contribution in [0.15, 0.2) is 0 Å². The van der Waals surface area contributed by atoms with E-state index >= 15 is 0 Å². The predicted molar refractivity (Wildman–Crippen MR) is 24.8 cm³/mol. The van der Waals surface area contributed by atoms with E-state index in [1.165, 1.54) is 0 Å². The van der Waals surface area contributed by atoms with Crippen molar-refractivity contribution in [3.05, 3.63) is 0 Å². The first kappa shape index (κ1) is 5.03. The highest BCUT2D eigenvalue weighted by molar-refractivity contribution is 4.54. The first-order valence-electron chi connectivity index (χ1n) is 2.40. The van der Waals surface area contributed by atoms with Crippen LogP contribution in [0.5, 0.6) is 0 Å². The van der Waals surface area contributed by atoms with Gasteiger partial charge in [-0.25, -0.2) is 0 Å². The molecule has 0 aromatic heterocycles. The molecule has 0 unspecified atom stereocenters. The number of morpholine rings is 1. The van der Waals surface area contributed by atoms with Crippen molar-refractivity contribution in [3.63, 3.8) is 0 Å². The molecular weight excluding hydrogens is 94.0 g/mol. The summed E-state index contributed by atoms with van der Waals surface area (Å²) in [7, 11) is 0. The minimum absolute atomic E-state index is 0.569. The number of aliphatic hydroxyl groups is 1. The number of rotatable bonds is 0. The summed E-state index contributed by atoms with van der Waals surface area (Å²) >= 11 is 0. The van der Waals surface area contributed by atoms with Crippen LogP contribution < -0.4 is 5.32 Å². The van der Waals surface area contributed by atoms with E-state index < -0.39 is 6.29 Å². The molecule has 1 heterocycles. The lowest BCUT2D eigenvalue weighted by atomic mass is 10.5. The van der Waals surface area contributed by atoms with Crippen LogP contribution in [0.3, 0.4) is 0 Å². The number of hydrogen-bond acceptors (Lipinski definition) is 3. The van der Waals surface area contributed by atoms with Crippen LogP contribution in [-0.2, 0) is 4.74 Å². The molecular formula is C4H9NO2. The topological polar surface area (TPSA) is 41.5 Å². The van der Waals surface area contributed by atoms with Crippen LogP contribution in [-0.4, -0.2) is 31.1 Å². The van der Waals surface area contributed by atoms with Crippen molar-refractivity contribution in [3.8, 4) is 0 Å². The zero-order valence-electron chi connectivity index (χ0n) is 4.05. The Hall–Kier alpha value is -0.120. The van der Waals surface area contributed by atoms with Crippen molar-refractivity contribution < 1.29 is 9.84 Å². The summed E-state index contributed by atoms with van der Waals surface area (Å²) < 4.78 is 4.77. The minimum Gasteiger partial charge on any atom is -0.367 e. The fourth-order valence-corrected chi connectivity index (χ4v) is 0.552. The first-order valence-corrected chi connectivity index (χ1v) is 2.40. The molecule has 3 heteroatoms. The molecule has 0 saturated carbocycles. The monoisotopic (exact) mass is 103 g/mol. The fourth-order valence-electron chi connectivity index (χ4n) is 0.552. The van der Waals surface area contributed by atoms with Crippen LogP contribution in [0.25, 0.3) is 0 Å². The van der Waals surface area contributed by atoms with Gasteiger partial charge < -0.3 is 15.2 Å². The number of nitrogens with one attached hydrogen (secondary N) is 1. The number of aliphatic hydroxyl groups excluding tert-OH is 1. The van der Waals surface area contributed by atoms with Crippen LogP contribution in [0, 0.1) is 0 Å². The molecule has 42 valence electrons. The highest BCUT2D eigenvalue weighted by atomic mass is 16.6. The van der Waals surface area contributed by atoms with Gasteiger partial charge in [0.15, 0.2) is 6.29 Å². The molecule has 0 amide bonds. The van der Waals surface area contributed by atoms with Gasteiger partial charge in [-0.15, -0.1) is 0 Å². The quantitative estimate of drug-likeness (QED) is 0.410. The van der Waals surface area contributed by atoms with Crippen molar-refractivity contribution >= 4 is 0 Å². The normalized spacial score (nSPS) is 33.0. The first-order chi connectivity index (χ1) is 3.39. The smallest absolute Gasteiger partial charge is 0.167 e. The molecule has 7 heavy (non-hydrogen) atoms. The van der Waals surface area contributed by atoms with Gasteiger partial charge in [-0.05, 0) is 0 Å². The zero-order chi connectivity index (χ0) is 5.11. The van der Waals surface area contributed by atoms with E-state index in [1.54, 1.807) is 0 Å². The summed E-state index contributed by atoms with van der Waals surface area (Å²) in [6.45, 7) is 2.05. The summed E-state index contributed by atoms with van der Waals surface area (Å²) in [5.74, 6) is 0.